The summed E-state index contributed by atoms with van der Waals surface area (Å²) in [7, 11) is 0. The molecule has 0 amide bonds. The van der Waals surface area contributed by atoms with Crippen LogP contribution in [0.5, 0.6) is 0 Å². The molecular weight excluding hydrogens is 634 g/mol. The lowest BCUT2D eigenvalue weighted by Gasteiger charge is -2.13. The van der Waals surface area contributed by atoms with E-state index in [9.17, 15) is 0 Å². The molecule has 45 heavy (non-hydrogen) atoms. The predicted octanol–water partition coefficient (Wildman–Crippen LogP) is 11.7. The molecule has 0 aliphatic carbocycles. The summed E-state index contributed by atoms with van der Waals surface area (Å²) in [6, 6.07) is 51.3. The number of aromatic nitrogens is 3. The third-order valence-electron chi connectivity index (χ3n) is 8.45. The quantitative estimate of drug-likeness (QED) is 0.188. The van der Waals surface area contributed by atoms with Gasteiger partial charge in [0.05, 0.1) is 22.4 Å². The molecule has 0 aliphatic rings. The zero-order valence-corrected chi connectivity index (χ0v) is 26.4. The summed E-state index contributed by atoms with van der Waals surface area (Å²) in [5, 5.41) is 5.01. The van der Waals surface area contributed by atoms with Crippen molar-refractivity contribution < 1.29 is 0 Å². The predicted molar refractivity (Wildman–Crippen MR) is 193 cm³/mol. The van der Waals surface area contributed by atoms with Gasteiger partial charge in [0, 0.05) is 57.8 Å². The summed E-state index contributed by atoms with van der Waals surface area (Å²) < 4.78 is 5.85. The summed E-state index contributed by atoms with van der Waals surface area (Å²) in [6.07, 6.45) is 0. The van der Waals surface area contributed by atoms with Crippen molar-refractivity contribution in [2.45, 2.75) is 0 Å². The van der Waals surface area contributed by atoms with Crippen LogP contribution in [-0.4, -0.2) is 14.5 Å². The highest BCUT2D eigenvalue weighted by Crippen LogP contribution is 2.41. The Hall–Kier alpha value is -5.10. The fourth-order valence-corrected chi connectivity index (χ4v) is 8.16. The second-order valence-corrected chi connectivity index (χ2v) is 13.1. The molecule has 3 heterocycles. The van der Waals surface area contributed by atoms with Crippen molar-refractivity contribution in [1.29, 1.82) is 0 Å². The molecule has 9 rings (SSSR count). The molecule has 5 heteroatoms. The zero-order valence-electron chi connectivity index (χ0n) is 24.0. The van der Waals surface area contributed by atoms with Gasteiger partial charge in [0.25, 0.3) is 0 Å². The van der Waals surface area contributed by atoms with Gasteiger partial charge in [-0.25, -0.2) is 9.97 Å². The third kappa shape index (κ3) is 4.39. The van der Waals surface area contributed by atoms with Crippen molar-refractivity contribution in [1.82, 2.24) is 14.5 Å². The first-order valence-electron chi connectivity index (χ1n) is 14.9. The number of halogens is 1. The van der Waals surface area contributed by atoms with Gasteiger partial charge in [-0.15, -0.1) is 11.3 Å². The second kappa shape index (κ2) is 10.5. The zero-order chi connectivity index (χ0) is 29.9. The molecule has 212 valence electrons. The van der Waals surface area contributed by atoms with Crippen molar-refractivity contribution >= 4 is 69.2 Å². The molecule has 0 saturated carbocycles. The van der Waals surface area contributed by atoms with Crippen LogP contribution in [0.3, 0.4) is 0 Å². The molecule has 0 spiro atoms. The van der Waals surface area contributed by atoms with Gasteiger partial charge in [0.1, 0.15) is 0 Å². The Morgan fingerprint density at radius 3 is 1.93 bits per heavy atom. The molecule has 0 saturated heterocycles. The molecule has 3 aromatic heterocycles. The molecule has 0 fully saturated rings. The van der Waals surface area contributed by atoms with Crippen molar-refractivity contribution in [2.75, 3.05) is 0 Å². The molecule has 0 atom stereocenters. The number of rotatable bonds is 4. The second-order valence-electron chi connectivity index (χ2n) is 11.2. The molecule has 0 unspecified atom stereocenters. The third-order valence-corrected chi connectivity index (χ3v) is 10.1. The minimum atomic E-state index is 0.708. The van der Waals surface area contributed by atoms with E-state index in [1.807, 2.05) is 29.5 Å². The Labute approximate surface area is 272 Å². The van der Waals surface area contributed by atoms with E-state index >= 15 is 0 Å². The first kappa shape index (κ1) is 26.3. The van der Waals surface area contributed by atoms with Crippen molar-refractivity contribution in [3.8, 4) is 39.6 Å². The van der Waals surface area contributed by atoms with E-state index in [2.05, 4.69) is 148 Å². The number of thiophene rings is 1. The fraction of sp³-hybridized carbons (Fsp3) is 0. The number of nitrogens with zero attached hydrogens (tertiary/aromatic N) is 3. The number of hydrogen-bond donors (Lipinski definition) is 0. The monoisotopic (exact) mass is 657 g/mol. The lowest BCUT2D eigenvalue weighted by Crippen LogP contribution is -1.98. The molecule has 9 aromatic rings. The lowest BCUT2D eigenvalue weighted by atomic mass is 10.0. The van der Waals surface area contributed by atoms with Gasteiger partial charge in [0.2, 0.25) is 0 Å². The van der Waals surface area contributed by atoms with E-state index in [-0.39, 0.29) is 0 Å². The number of benzene rings is 6. The summed E-state index contributed by atoms with van der Waals surface area (Å²) in [5.74, 6) is 0.708. The Bertz CT molecular complexity index is 2510. The Balaban J connectivity index is 1.29. The van der Waals surface area contributed by atoms with E-state index in [0.29, 0.717) is 5.82 Å². The van der Waals surface area contributed by atoms with Crippen LogP contribution in [0, 0.1) is 0 Å². The van der Waals surface area contributed by atoms with Crippen LogP contribution < -0.4 is 0 Å². The normalized spacial score (nSPS) is 11.7. The average Bonchev–Trinajstić information content (AvgIpc) is 3.64. The van der Waals surface area contributed by atoms with Crippen LogP contribution in [-0.2, 0) is 0 Å². The molecular formula is C40H24BrN3S. The molecule has 0 N–H and O–H groups in total. The van der Waals surface area contributed by atoms with E-state index in [4.69, 9.17) is 9.97 Å². The summed E-state index contributed by atoms with van der Waals surface area (Å²) in [4.78, 5) is 10.3. The SMILES string of the molecule is Brc1cc(-c2cc(-c3cccc4c3sc3ccccc34)nc(-c3ccccc3)n2)cc(-n2c3ccccc3c3ccccc32)c1. The Kier molecular flexibility index (Phi) is 6.15. The van der Waals surface area contributed by atoms with E-state index in [1.165, 1.54) is 42.0 Å². The minimum absolute atomic E-state index is 0.708. The van der Waals surface area contributed by atoms with Crippen LogP contribution in [0.4, 0.5) is 0 Å². The highest BCUT2D eigenvalue weighted by Gasteiger charge is 2.17. The van der Waals surface area contributed by atoms with Crippen LogP contribution in [0.15, 0.2) is 150 Å². The van der Waals surface area contributed by atoms with E-state index in [1.54, 1.807) is 0 Å². The van der Waals surface area contributed by atoms with Gasteiger partial charge >= 0.3 is 0 Å². The van der Waals surface area contributed by atoms with E-state index in [0.717, 1.165) is 38.2 Å². The highest BCUT2D eigenvalue weighted by molar-refractivity contribution is 9.10. The van der Waals surface area contributed by atoms with Crippen LogP contribution in [0.1, 0.15) is 0 Å². The molecule has 0 radical (unpaired) electrons. The van der Waals surface area contributed by atoms with Crippen LogP contribution in [0.2, 0.25) is 0 Å². The number of fused-ring (bicyclic) bond motifs is 6. The Morgan fingerprint density at radius 1 is 0.511 bits per heavy atom. The van der Waals surface area contributed by atoms with Gasteiger partial charge in [-0.1, -0.05) is 119 Å². The van der Waals surface area contributed by atoms with Crippen LogP contribution in [0.25, 0.3) is 81.6 Å². The fourth-order valence-electron chi connectivity index (χ4n) is 6.45. The maximum atomic E-state index is 5.17. The first-order valence-corrected chi connectivity index (χ1v) is 16.5. The number of para-hydroxylation sites is 2. The van der Waals surface area contributed by atoms with Gasteiger partial charge in [-0.2, -0.15) is 0 Å². The maximum absolute atomic E-state index is 5.17. The van der Waals surface area contributed by atoms with Gasteiger partial charge in [-0.05, 0) is 42.5 Å². The molecule has 6 aromatic carbocycles. The minimum Gasteiger partial charge on any atom is -0.309 e. The summed E-state index contributed by atoms with van der Waals surface area (Å²) in [5.41, 5.74) is 8.33. The largest absolute Gasteiger partial charge is 0.309 e. The Morgan fingerprint density at radius 2 is 1.16 bits per heavy atom. The van der Waals surface area contributed by atoms with Crippen molar-refractivity contribution in [2.24, 2.45) is 0 Å². The molecule has 0 bridgehead atoms. The molecule has 0 aliphatic heterocycles. The topological polar surface area (TPSA) is 30.7 Å². The average molecular weight is 659 g/mol. The highest BCUT2D eigenvalue weighted by atomic mass is 79.9. The van der Waals surface area contributed by atoms with Crippen molar-refractivity contribution in [3.63, 3.8) is 0 Å². The van der Waals surface area contributed by atoms with Crippen LogP contribution >= 0.6 is 27.3 Å². The van der Waals surface area contributed by atoms with Gasteiger partial charge < -0.3 is 4.57 Å². The lowest BCUT2D eigenvalue weighted by molar-refractivity contribution is 1.16. The van der Waals surface area contributed by atoms with Gasteiger partial charge in [-0.3, -0.25) is 0 Å². The standard InChI is InChI=1S/C40H24BrN3S/c41-27-21-26(22-28(23-27)44-36-18-7-4-13-29(36)30-14-5-8-19-37(30)44)34-24-35(43-40(42-34)25-11-2-1-3-12-25)33-17-10-16-32-31-15-6-9-20-38(31)45-39(32)33/h1-24H. The van der Waals surface area contributed by atoms with Crippen molar-refractivity contribution in [3.05, 3.63) is 150 Å². The summed E-state index contributed by atoms with van der Waals surface area (Å²) >= 11 is 5.67. The van der Waals surface area contributed by atoms with E-state index < -0.39 is 0 Å². The summed E-state index contributed by atoms with van der Waals surface area (Å²) in [6.45, 7) is 0. The molecule has 3 nitrogen and oxygen atoms in total. The van der Waals surface area contributed by atoms with Gasteiger partial charge in [0.15, 0.2) is 5.82 Å². The smallest absolute Gasteiger partial charge is 0.160 e. The maximum Gasteiger partial charge on any atom is 0.160 e. The first-order chi connectivity index (χ1) is 22.2. The number of hydrogen-bond acceptors (Lipinski definition) is 3.